The van der Waals surface area contributed by atoms with E-state index >= 15 is 0 Å². The van der Waals surface area contributed by atoms with Gasteiger partial charge in [0.05, 0.1) is 0 Å². The summed E-state index contributed by atoms with van der Waals surface area (Å²) in [7, 11) is 0. The third-order valence-electron chi connectivity index (χ3n) is 1.29. The molecule has 0 fully saturated rings. The van der Waals surface area contributed by atoms with E-state index in [1.54, 1.807) is 16.7 Å². The Labute approximate surface area is 56.9 Å². The van der Waals surface area contributed by atoms with Gasteiger partial charge in [-0.25, -0.2) is 9.37 Å². The number of nitrogens with zero attached hydrogens (tertiary/aromatic N) is 2. The van der Waals surface area contributed by atoms with Crippen LogP contribution in [0.25, 0.3) is 5.65 Å². The normalized spacial score (nSPS) is 10.5. The van der Waals surface area contributed by atoms with Crippen molar-refractivity contribution in [2.75, 3.05) is 0 Å². The third kappa shape index (κ3) is 0.673. The van der Waals surface area contributed by atoms with E-state index in [0.717, 1.165) is 0 Å². The maximum Gasteiger partial charge on any atom is 0.139 e. The van der Waals surface area contributed by atoms with Gasteiger partial charge in [0.15, 0.2) is 0 Å². The fourth-order valence-electron chi connectivity index (χ4n) is 0.838. The van der Waals surface area contributed by atoms with Crippen molar-refractivity contribution in [3.05, 3.63) is 36.5 Å². The Kier molecular flexibility index (Phi) is 0.974. The molecule has 0 saturated carbocycles. The molecule has 0 atom stereocenters. The minimum absolute atomic E-state index is 0.265. The number of fused-ring (bicyclic) bond motifs is 1. The molecule has 2 rings (SSSR count). The van der Waals surface area contributed by atoms with Gasteiger partial charge >= 0.3 is 0 Å². The molecule has 10 heavy (non-hydrogen) atoms. The molecule has 49 valence electrons. The van der Waals surface area contributed by atoms with Gasteiger partial charge in [0.2, 0.25) is 0 Å². The van der Waals surface area contributed by atoms with Crippen molar-refractivity contribution < 1.29 is 4.39 Å². The second-order valence-corrected chi connectivity index (χ2v) is 1.98. The standard InChI is InChI=1S/C7H4FN2/c8-6-1-2-7-9-3-4-10(7)5-6/h1-2,4-5H. The van der Waals surface area contributed by atoms with Crippen molar-refractivity contribution in [2.45, 2.75) is 0 Å². The summed E-state index contributed by atoms with van der Waals surface area (Å²) >= 11 is 0. The molecule has 0 aliphatic heterocycles. The van der Waals surface area contributed by atoms with Crippen LogP contribution in [-0.4, -0.2) is 9.38 Å². The average molecular weight is 135 g/mol. The lowest BCUT2D eigenvalue weighted by molar-refractivity contribution is 0.619. The van der Waals surface area contributed by atoms with Gasteiger partial charge in [-0.05, 0) is 12.1 Å². The fourth-order valence-corrected chi connectivity index (χ4v) is 0.838. The van der Waals surface area contributed by atoms with Gasteiger partial charge in [0.1, 0.15) is 17.7 Å². The van der Waals surface area contributed by atoms with Crippen molar-refractivity contribution in [2.24, 2.45) is 0 Å². The number of hydrogen-bond acceptors (Lipinski definition) is 1. The first-order chi connectivity index (χ1) is 4.86. The maximum absolute atomic E-state index is 12.5. The van der Waals surface area contributed by atoms with Crippen LogP contribution in [-0.2, 0) is 0 Å². The third-order valence-corrected chi connectivity index (χ3v) is 1.29. The highest BCUT2D eigenvalue weighted by Gasteiger charge is 1.93. The zero-order valence-corrected chi connectivity index (χ0v) is 5.08. The Hall–Kier alpha value is -1.38. The van der Waals surface area contributed by atoms with Gasteiger partial charge in [-0.15, -0.1) is 0 Å². The average Bonchev–Trinajstić information content (AvgIpc) is 2.33. The van der Waals surface area contributed by atoms with Crippen molar-refractivity contribution in [1.29, 1.82) is 0 Å². The smallest absolute Gasteiger partial charge is 0.139 e. The fraction of sp³-hybridized carbons (Fsp3) is 0. The number of hydrogen-bond donors (Lipinski definition) is 0. The first-order valence-electron chi connectivity index (χ1n) is 2.86. The summed E-state index contributed by atoms with van der Waals surface area (Å²) in [6.45, 7) is 0. The van der Waals surface area contributed by atoms with Gasteiger partial charge in [-0.1, -0.05) is 0 Å². The van der Waals surface area contributed by atoms with Crippen LogP contribution in [0, 0.1) is 12.0 Å². The van der Waals surface area contributed by atoms with E-state index in [4.69, 9.17) is 0 Å². The minimum Gasteiger partial charge on any atom is -0.303 e. The van der Waals surface area contributed by atoms with Crippen molar-refractivity contribution >= 4 is 5.65 Å². The molecule has 0 saturated heterocycles. The van der Waals surface area contributed by atoms with Crippen LogP contribution < -0.4 is 0 Å². The van der Waals surface area contributed by atoms with Gasteiger partial charge in [0.25, 0.3) is 0 Å². The molecule has 2 heterocycles. The summed E-state index contributed by atoms with van der Waals surface area (Å²) in [6, 6.07) is 2.97. The zero-order valence-electron chi connectivity index (χ0n) is 5.08. The second kappa shape index (κ2) is 1.80. The topological polar surface area (TPSA) is 17.3 Å². The molecule has 0 unspecified atom stereocenters. The molecular formula is C7H4FN2. The highest BCUT2D eigenvalue weighted by Crippen LogP contribution is 2.01. The SMILES string of the molecule is Fc1ccc2n[c]cn2c1. The van der Waals surface area contributed by atoms with E-state index in [1.807, 2.05) is 0 Å². The van der Waals surface area contributed by atoms with Gasteiger partial charge in [0, 0.05) is 12.4 Å². The van der Waals surface area contributed by atoms with Gasteiger partial charge < -0.3 is 4.40 Å². The molecule has 0 aliphatic rings. The lowest BCUT2D eigenvalue weighted by atomic mass is 10.5. The van der Waals surface area contributed by atoms with Crippen molar-refractivity contribution in [3.8, 4) is 0 Å². The molecule has 0 spiro atoms. The van der Waals surface area contributed by atoms with Crippen LogP contribution in [0.1, 0.15) is 0 Å². The summed E-state index contributed by atoms with van der Waals surface area (Å²) in [5, 5.41) is 0. The summed E-state index contributed by atoms with van der Waals surface area (Å²) in [4.78, 5) is 3.83. The molecule has 2 aromatic rings. The molecule has 3 heteroatoms. The van der Waals surface area contributed by atoms with E-state index in [9.17, 15) is 4.39 Å². The van der Waals surface area contributed by atoms with Crippen LogP contribution in [0.4, 0.5) is 4.39 Å². The second-order valence-electron chi connectivity index (χ2n) is 1.98. The summed E-state index contributed by atoms with van der Waals surface area (Å²) in [6.07, 6.45) is 5.55. The first kappa shape index (κ1) is 5.41. The lowest BCUT2D eigenvalue weighted by Crippen LogP contribution is -1.83. The predicted molar refractivity (Wildman–Crippen MR) is 34.0 cm³/mol. The Morgan fingerprint density at radius 1 is 1.50 bits per heavy atom. The minimum atomic E-state index is -0.265. The Morgan fingerprint density at radius 2 is 2.40 bits per heavy atom. The molecule has 1 radical (unpaired) electrons. The summed E-state index contributed by atoms with van der Waals surface area (Å²) < 4.78 is 14.0. The van der Waals surface area contributed by atoms with Crippen LogP contribution in [0.5, 0.6) is 0 Å². The zero-order chi connectivity index (χ0) is 6.97. The molecular weight excluding hydrogens is 131 g/mol. The van der Waals surface area contributed by atoms with Crippen LogP contribution >= 0.6 is 0 Å². The van der Waals surface area contributed by atoms with Crippen LogP contribution in [0.3, 0.4) is 0 Å². The number of aromatic nitrogens is 2. The molecule has 0 aliphatic carbocycles. The molecule has 2 nitrogen and oxygen atoms in total. The summed E-state index contributed by atoms with van der Waals surface area (Å²) in [5.41, 5.74) is 0.710. The summed E-state index contributed by atoms with van der Waals surface area (Å²) in [5.74, 6) is -0.265. The molecule has 2 aromatic heterocycles. The van der Waals surface area contributed by atoms with Gasteiger partial charge in [-0.2, -0.15) is 0 Å². The van der Waals surface area contributed by atoms with E-state index in [1.165, 1.54) is 12.3 Å². The number of rotatable bonds is 0. The Balaban J connectivity index is 2.86. The predicted octanol–water partition coefficient (Wildman–Crippen LogP) is 1.27. The number of pyridine rings is 1. The quantitative estimate of drug-likeness (QED) is 0.531. The Morgan fingerprint density at radius 3 is 3.30 bits per heavy atom. The first-order valence-corrected chi connectivity index (χ1v) is 2.86. The molecule has 0 amide bonds. The molecule has 0 N–H and O–H groups in total. The van der Waals surface area contributed by atoms with E-state index in [2.05, 4.69) is 11.2 Å². The highest BCUT2D eigenvalue weighted by atomic mass is 19.1. The molecule has 0 aromatic carbocycles. The van der Waals surface area contributed by atoms with E-state index < -0.39 is 0 Å². The maximum atomic E-state index is 12.5. The van der Waals surface area contributed by atoms with Gasteiger partial charge in [-0.3, -0.25) is 0 Å². The molecule has 0 bridgehead atoms. The Bertz CT molecular complexity index is 353. The van der Waals surface area contributed by atoms with E-state index in [-0.39, 0.29) is 5.82 Å². The number of imidazole rings is 1. The largest absolute Gasteiger partial charge is 0.303 e. The highest BCUT2D eigenvalue weighted by molar-refractivity contribution is 5.36. The van der Waals surface area contributed by atoms with Crippen LogP contribution in [0.15, 0.2) is 24.5 Å². The van der Waals surface area contributed by atoms with Crippen molar-refractivity contribution in [3.63, 3.8) is 0 Å². The number of halogens is 1. The lowest BCUT2D eigenvalue weighted by Gasteiger charge is -1.90. The van der Waals surface area contributed by atoms with Crippen LogP contribution in [0.2, 0.25) is 0 Å². The van der Waals surface area contributed by atoms with E-state index in [0.29, 0.717) is 5.65 Å². The van der Waals surface area contributed by atoms with Crippen molar-refractivity contribution in [1.82, 2.24) is 9.38 Å². The monoisotopic (exact) mass is 135 g/mol.